The van der Waals surface area contributed by atoms with E-state index >= 15 is 0 Å². The standard InChI is InChI=1S/C15H24N2O2/c1-5-12(14(16)18)19-13-9-7-6-8-11(13)10-17-15(2,3)4/h6-9,12,17H,5,10H2,1-4H3,(H2,16,18). The van der Waals surface area contributed by atoms with Crippen molar-refractivity contribution in [1.82, 2.24) is 5.32 Å². The monoisotopic (exact) mass is 264 g/mol. The fourth-order valence-electron chi connectivity index (χ4n) is 1.62. The van der Waals surface area contributed by atoms with Gasteiger partial charge in [0.2, 0.25) is 0 Å². The molecule has 1 atom stereocenters. The Balaban J connectivity index is 2.80. The summed E-state index contributed by atoms with van der Waals surface area (Å²) in [6.07, 6.45) is -0.00751. The summed E-state index contributed by atoms with van der Waals surface area (Å²) in [5.41, 5.74) is 6.36. The maximum absolute atomic E-state index is 11.2. The lowest BCUT2D eigenvalue weighted by atomic mass is 10.1. The van der Waals surface area contributed by atoms with E-state index < -0.39 is 12.0 Å². The van der Waals surface area contributed by atoms with Gasteiger partial charge in [0.05, 0.1) is 0 Å². The SMILES string of the molecule is CCC(Oc1ccccc1CNC(C)(C)C)C(N)=O. The summed E-state index contributed by atoms with van der Waals surface area (Å²) in [4.78, 5) is 11.2. The lowest BCUT2D eigenvalue weighted by Gasteiger charge is -2.22. The number of primary amides is 1. The Hall–Kier alpha value is -1.55. The van der Waals surface area contributed by atoms with Crippen LogP contribution in [0.5, 0.6) is 5.75 Å². The van der Waals surface area contributed by atoms with E-state index in [9.17, 15) is 4.79 Å². The molecule has 1 rings (SSSR count). The van der Waals surface area contributed by atoms with E-state index in [2.05, 4.69) is 26.1 Å². The second-order valence-corrected chi connectivity index (χ2v) is 5.63. The molecule has 0 radical (unpaired) electrons. The third-order valence-electron chi connectivity index (χ3n) is 2.74. The smallest absolute Gasteiger partial charge is 0.258 e. The molecule has 0 spiro atoms. The van der Waals surface area contributed by atoms with E-state index in [1.54, 1.807) is 0 Å². The van der Waals surface area contributed by atoms with Crippen LogP contribution in [0.15, 0.2) is 24.3 Å². The van der Waals surface area contributed by atoms with Crippen molar-refractivity contribution in [2.24, 2.45) is 5.73 Å². The molecule has 0 saturated heterocycles. The summed E-state index contributed by atoms with van der Waals surface area (Å²) < 4.78 is 5.71. The summed E-state index contributed by atoms with van der Waals surface area (Å²) in [6.45, 7) is 8.89. The molecular weight excluding hydrogens is 240 g/mol. The Bertz CT molecular complexity index is 424. The van der Waals surface area contributed by atoms with Crippen LogP contribution in [0.4, 0.5) is 0 Å². The molecule has 1 amide bonds. The molecule has 19 heavy (non-hydrogen) atoms. The van der Waals surface area contributed by atoms with Crippen molar-refractivity contribution < 1.29 is 9.53 Å². The second-order valence-electron chi connectivity index (χ2n) is 5.63. The number of carbonyl (C=O) groups is 1. The molecule has 3 N–H and O–H groups in total. The molecule has 0 fully saturated rings. The van der Waals surface area contributed by atoms with E-state index in [0.29, 0.717) is 18.7 Å². The number of benzene rings is 1. The maximum atomic E-state index is 11.2. The van der Waals surface area contributed by atoms with E-state index in [1.807, 2.05) is 31.2 Å². The Morgan fingerprint density at radius 2 is 2.00 bits per heavy atom. The van der Waals surface area contributed by atoms with Crippen molar-refractivity contribution in [1.29, 1.82) is 0 Å². The Kier molecular flexibility index (Phi) is 5.36. The molecule has 106 valence electrons. The van der Waals surface area contributed by atoms with Crippen molar-refractivity contribution in [3.05, 3.63) is 29.8 Å². The van der Waals surface area contributed by atoms with Crippen LogP contribution in [0.2, 0.25) is 0 Å². The second kappa shape index (κ2) is 6.57. The van der Waals surface area contributed by atoms with E-state index in [1.165, 1.54) is 0 Å². The molecule has 4 heteroatoms. The number of hydrogen-bond acceptors (Lipinski definition) is 3. The minimum Gasteiger partial charge on any atom is -0.480 e. The molecule has 0 saturated carbocycles. The van der Waals surface area contributed by atoms with Crippen LogP contribution < -0.4 is 15.8 Å². The minimum absolute atomic E-state index is 0.0287. The van der Waals surface area contributed by atoms with Crippen LogP contribution >= 0.6 is 0 Å². The van der Waals surface area contributed by atoms with Crippen LogP contribution in [-0.4, -0.2) is 17.6 Å². The largest absolute Gasteiger partial charge is 0.480 e. The third kappa shape index (κ3) is 5.30. The molecule has 0 heterocycles. The average Bonchev–Trinajstić information content (AvgIpc) is 2.33. The van der Waals surface area contributed by atoms with Crippen LogP contribution in [0.25, 0.3) is 0 Å². The number of rotatable bonds is 6. The van der Waals surface area contributed by atoms with Gasteiger partial charge in [-0.2, -0.15) is 0 Å². The highest BCUT2D eigenvalue weighted by atomic mass is 16.5. The van der Waals surface area contributed by atoms with Crippen LogP contribution in [0, 0.1) is 0 Å². The molecule has 4 nitrogen and oxygen atoms in total. The molecule has 1 aromatic rings. The first-order valence-corrected chi connectivity index (χ1v) is 6.62. The van der Waals surface area contributed by atoms with E-state index in [-0.39, 0.29) is 5.54 Å². The average molecular weight is 264 g/mol. The highest BCUT2D eigenvalue weighted by molar-refractivity contribution is 5.79. The summed E-state index contributed by atoms with van der Waals surface area (Å²) in [5, 5.41) is 3.40. The zero-order valence-corrected chi connectivity index (χ0v) is 12.2. The van der Waals surface area contributed by atoms with Crippen molar-refractivity contribution in [3.63, 3.8) is 0 Å². The summed E-state index contributed by atoms with van der Waals surface area (Å²) in [6, 6.07) is 7.70. The van der Waals surface area contributed by atoms with Gasteiger partial charge in [-0.15, -0.1) is 0 Å². The number of ether oxygens (including phenoxy) is 1. The van der Waals surface area contributed by atoms with E-state index in [4.69, 9.17) is 10.5 Å². The van der Waals surface area contributed by atoms with Gasteiger partial charge in [0.15, 0.2) is 6.10 Å². The van der Waals surface area contributed by atoms with E-state index in [0.717, 1.165) is 5.56 Å². The first-order valence-electron chi connectivity index (χ1n) is 6.62. The van der Waals surface area contributed by atoms with Gasteiger partial charge < -0.3 is 15.8 Å². The van der Waals surface area contributed by atoms with Gasteiger partial charge in [-0.05, 0) is 33.3 Å². The van der Waals surface area contributed by atoms with Crippen molar-refractivity contribution in [3.8, 4) is 5.75 Å². The zero-order valence-electron chi connectivity index (χ0n) is 12.2. The fourth-order valence-corrected chi connectivity index (χ4v) is 1.62. The molecular formula is C15H24N2O2. The van der Waals surface area contributed by atoms with Gasteiger partial charge in [0, 0.05) is 17.6 Å². The quantitative estimate of drug-likeness (QED) is 0.828. The molecule has 1 aromatic carbocycles. The number of carbonyl (C=O) groups excluding carboxylic acids is 1. The van der Waals surface area contributed by atoms with Gasteiger partial charge in [-0.1, -0.05) is 25.1 Å². The van der Waals surface area contributed by atoms with Gasteiger partial charge in [-0.3, -0.25) is 4.79 Å². The van der Waals surface area contributed by atoms with Crippen LogP contribution in [0.3, 0.4) is 0 Å². The summed E-state index contributed by atoms with van der Waals surface area (Å²) in [5.74, 6) is 0.283. The predicted molar refractivity (Wildman–Crippen MR) is 76.9 cm³/mol. The number of hydrogen-bond donors (Lipinski definition) is 2. The van der Waals surface area contributed by atoms with Crippen LogP contribution in [0.1, 0.15) is 39.7 Å². The van der Waals surface area contributed by atoms with Crippen LogP contribution in [-0.2, 0) is 11.3 Å². The predicted octanol–water partition coefficient (Wildman–Crippen LogP) is 2.22. The first kappa shape index (κ1) is 15.5. The summed E-state index contributed by atoms with van der Waals surface area (Å²) >= 11 is 0. The number of amides is 1. The normalized spacial score (nSPS) is 13.1. The lowest BCUT2D eigenvalue weighted by Crippen LogP contribution is -2.36. The lowest BCUT2D eigenvalue weighted by molar-refractivity contribution is -0.124. The zero-order chi connectivity index (χ0) is 14.5. The van der Waals surface area contributed by atoms with Gasteiger partial charge in [0.1, 0.15) is 5.75 Å². The van der Waals surface area contributed by atoms with Gasteiger partial charge in [-0.25, -0.2) is 0 Å². The Morgan fingerprint density at radius 3 is 2.53 bits per heavy atom. The highest BCUT2D eigenvalue weighted by Gasteiger charge is 2.17. The van der Waals surface area contributed by atoms with Crippen molar-refractivity contribution >= 4 is 5.91 Å². The summed E-state index contributed by atoms with van der Waals surface area (Å²) in [7, 11) is 0. The molecule has 0 aliphatic rings. The molecule has 0 aromatic heterocycles. The van der Waals surface area contributed by atoms with Gasteiger partial charge in [0.25, 0.3) is 5.91 Å². The first-order chi connectivity index (χ1) is 8.83. The maximum Gasteiger partial charge on any atom is 0.258 e. The Morgan fingerprint density at radius 1 is 1.37 bits per heavy atom. The van der Waals surface area contributed by atoms with Gasteiger partial charge >= 0.3 is 0 Å². The molecule has 0 bridgehead atoms. The molecule has 0 aliphatic carbocycles. The molecule has 1 unspecified atom stereocenters. The fraction of sp³-hybridized carbons (Fsp3) is 0.533. The Labute approximate surface area is 115 Å². The number of nitrogens with one attached hydrogen (secondary N) is 1. The molecule has 0 aliphatic heterocycles. The van der Waals surface area contributed by atoms with Crippen molar-refractivity contribution in [2.45, 2.75) is 52.3 Å². The highest BCUT2D eigenvalue weighted by Crippen LogP contribution is 2.20. The minimum atomic E-state index is -0.573. The number of nitrogens with two attached hydrogens (primary N) is 1. The number of para-hydroxylation sites is 1. The topological polar surface area (TPSA) is 64.3 Å². The third-order valence-corrected chi connectivity index (χ3v) is 2.74. The van der Waals surface area contributed by atoms with Crippen molar-refractivity contribution in [2.75, 3.05) is 0 Å².